The van der Waals surface area contributed by atoms with Crippen LogP contribution in [-0.4, -0.2) is 22.0 Å². The minimum atomic E-state index is 0.437. The van der Waals surface area contributed by atoms with Crippen molar-refractivity contribution < 1.29 is 0 Å². The summed E-state index contributed by atoms with van der Waals surface area (Å²) in [4.78, 5) is 0. The first-order chi connectivity index (χ1) is 4.09. The quantitative estimate of drug-likeness (QED) is 0.632. The molecule has 0 rings (SSSR count). The summed E-state index contributed by atoms with van der Waals surface area (Å²) >= 11 is 10.5. The van der Waals surface area contributed by atoms with Gasteiger partial charge in [0.05, 0.1) is 0 Å². The molecule has 0 heterocycles. The number of hydrogen-bond acceptors (Lipinski definition) is 3. The van der Waals surface area contributed by atoms with Gasteiger partial charge in [0.2, 0.25) is 0 Å². The average Bonchev–Trinajstić information content (AvgIpc) is 1.64. The van der Waals surface area contributed by atoms with Gasteiger partial charge < -0.3 is 0 Å². The summed E-state index contributed by atoms with van der Waals surface area (Å²) in [6.45, 7) is 4.22. The lowest BCUT2D eigenvalue weighted by Gasteiger charge is -2.20. The van der Waals surface area contributed by atoms with E-state index in [0.717, 1.165) is 0 Å². The Morgan fingerprint density at radius 3 is 1.44 bits per heavy atom. The summed E-state index contributed by atoms with van der Waals surface area (Å²) in [5, 5.41) is 1.44. The van der Waals surface area contributed by atoms with E-state index in [2.05, 4.69) is 45.4 Å². The van der Waals surface area contributed by atoms with Crippen molar-refractivity contribution >= 4 is 37.0 Å². The van der Waals surface area contributed by atoms with Crippen LogP contribution in [0.1, 0.15) is 13.8 Å². The second kappa shape index (κ2) is 4.80. The Balaban J connectivity index is 3.68. The summed E-state index contributed by atoms with van der Waals surface area (Å²) in [5.41, 5.74) is 0. The normalized spacial score (nSPS) is 21.0. The zero-order chi connectivity index (χ0) is 7.44. The van der Waals surface area contributed by atoms with Crippen molar-refractivity contribution in [3.63, 3.8) is 0 Å². The fourth-order valence-electron chi connectivity index (χ4n) is 0.797. The third-order valence-corrected chi connectivity index (χ3v) is 3.63. The highest BCUT2D eigenvalue weighted by atomic mass is 32.2. The van der Waals surface area contributed by atoms with E-state index in [1.807, 2.05) is 11.8 Å². The lowest BCUT2D eigenvalue weighted by Crippen LogP contribution is -2.22. The predicted octanol–water partition coefficient (Wildman–Crippen LogP) is 2.35. The second-order valence-corrected chi connectivity index (χ2v) is 4.83. The molecule has 3 heteroatoms. The highest BCUT2D eigenvalue weighted by molar-refractivity contribution is 8.00. The lowest BCUT2D eigenvalue weighted by molar-refractivity contribution is 0.834. The van der Waals surface area contributed by atoms with Crippen LogP contribution in [0.25, 0.3) is 0 Å². The van der Waals surface area contributed by atoms with Gasteiger partial charge in [-0.05, 0) is 6.26 Å². The van der Waals surface area contributed by atoms with Crippen LogP contribution in [0.3, 0.4) is 0 Å². The van der Waals surface area contributed by atoms with Gasteiger partial charge in [0.25, 0.3) is 0 Å². The van der Waals surface area contributed by atoms with Crippen LogP contribution >= 0.6 is 37.0 Å². The number of thioether (sulfide) groups is 1. The maximum absolute atomic E-state index is 4.34. The lowest BCUT2D eigenvalue weighted by atomic mass is 10.2. The molecule has 0 aliphatic rings. The third kappa shape index (κ3) is 3.68. The smallest absolute Gasteiger partial charge is 0.0272 e. The molecule has 0 aliphatic carbocycles. The Bertz CT molecular complexity index is 62.7. The zero-order valence-corrected chi connectivity index (χ0v) is 8.64. The zero-order valence-electron chi connectivity index (χ0n) is 6.03. The SMILES string of the molecule is CSC(C(C)S)C(C)S. The standard InChI is InChI=1S/C6H14S3/c1-4(7)6(9-3)5(2)8/h4-8H,1-3H3. The van der Waals surface area contributed by atoms with E-state index in [0.29, 0.717) is 15.7 Å². The van der Waals surface area contributed by atoms with Gasteiger partial charge in [0, 0.05) is 15.7 Å². The molecule has 0 radical (unpaired) electrons. The summed E-state index contributed by atoms with van der Waals surface area (Å²) in [6, 6.07) is 0. The molecular weight excluding hydrogens is 168 g/mol. The Labute approximate surface area is 73.0 Å². The van der Waals surface area contributed by atoms with Crippen LogP contribution < -0.4 is 0 Å². The van der Waals surface area contributed by atoms with Crippen molar-refractivity contribution in [3.05, 3.63) is 0 Å². The number of hydrogen-bond donors (Lipinski definition) is 2. The summed E-state index contributed by atoms with van der Waals surface area (Å²) in [6.07, 6.45) is 2.10. The topological polar surface area (TPSA) is 0 Å². The van der Waals surface area contributed by atoms with Crippen LogP contribution in [0.2, 0.25) is 0 Å². The largest absolute Gasteiger partial charge is 0.175 e. The molecule has 0 fully saturated rings. The molecule has 0 aromatic carbocycles. The molecule has 0 aromatic heterocycles. The second-order valence-electron chi connectivity index (χ2n) is 2.18. The Hall–Kier alpha value is 1.05. The van der Waals surface area contributed by atoms with E-state index in [1.54, 1.807) is 0 Å². The van der Waals surface area contributed by atoms with Crippen molar-refractivity contribution in [2.75, 3.05) is 6.26 Å². The van der Waals surface area contributed by atoms with E-state index in [9.17, 15) is 0 Å². The van der Waals surface area contributed by atoms with Crippen LogP contribution in [-0.2, 0) is 0 Å². The molecule has 56 valence electrons. The van der Waals surface area contributed by atoms with Crippen LogP contribution in [0.15, 0.2) is 0 Å². The monoisotopic (exact) mass is 182 g/mol. The Morgan fingerprint density at radius 1 is 1.11 bits per heavy atom. The molecule has 0 amide bonds. The first-order valence-electron chi connectivity index (χ1n) is 2.98. The minimum Gasteiger partial charge on any atom is -0.175 e. The van der Waals surface area contributed by atoms with Crippen molar-refractivity contribution in [2.24, 2.45) is 0 Å². The van der Waals surface area contributed by atoms with Gasteiger partial charge in [-0.15, -0.1) is 0 Å². The van der Waals surface area contributed by atoms with E-state index in [-0.39, 0.29) is 0 Å². The fraction of sp³-hybridized carbons (Fsp3) is 1.00. The number of rotatable bonds is 3. The number of thiol groups is 2. The van der Waals surface area contributed by atoms with Gasteiger partial charge in [-0.25, -0.2) is 0 Å². The van der Waals surface area contributed by atoms with E-state index in [4.69, 9.17) is 0 Å². The predicted molar refractivity (Wildman–Crippen MR) is 54.2 cm³/mol. The third-order valence-electron chi connectivity index (χ3n) is 1.22. The van der Waals surface area contributed by atoms with Gasteiger partial charge >= 0.3 is 0 Å². The van der Waals surface area contributed by atoms with Crippen molar-refractivity contribution in [1.29, 1.82) is 0 Å². The van der Waals surface area contributed by atoms with Crippen LogP contribution in [0.5, 0.6) is 0 Å². The molecule has 0 N–H and O–H groups in total. The molecule has 0 spiro atoms. The fourth-order valence-corrected chi connectivity index (χ4v) is 2.97. The van der Waals surface area contributed by atoms with Gasteiger partial charge in [-0.2, -0.15) is 37.0 Å². The molecule has 0 saturated heterocycles. The van der Waals surface area contributed by atoms with Crippen molar-refractivity contribution in [2.45, 2.75) is 29.6 Å². The molecule has 0 saturated carbocycles. The van der Waals surface area contributed by atoms with Gasteiger partial charge in [-0.3, -0.25) is 0 Å². The highest BCUT2D eigenvalue weighted by Gasteiger charge is 2.16. The molecule has 0 nitrogen and oxygen atoms in total. The van der Waals surface area contributed by atoms with E-state index >= 15 is 0 Å². The van der Waals surface area contributed by atoms with Gasteiger partial charge in [0.1, 0.15) is 0 Å². The highest BCUT2D eigenvalue weighted by Crippen LogP contribution is 2.22. The first-order valence-corrected chi connectivity index (χ1v) is 5.30. The summed E-state index contributed by atoms with van der Waals surface area (Å²) < 4.78 is 0. The first kappa shape index (κ1) is 10.0. The molecule has 9 heavy (non-hydrogen) atoms. The molecule has 0 aromatic rings. The van der Waals surface area contributed by atoms with Crippen molar-refractivity contribution in [3.8, 4) is 0 Å². The van der Waals surface area contributed by atoms with E-state index < -0.39 is 0 Å². The molecule has 2 unspecified atom stereocenters. The summed E-state index contributed by atoms with van der Waals surface area (Å²) in [5.74, 6) is 0. The summed E-state index contributed by atoms with van der Waals surface area (Å²) in [7, 11) is 0. The molecule has 0 bridgehead atoms. The maximum atomic E-state index is 4.34. The van der Waals surface area contributed by atoms with Crippen molar-refractivity contribution in [1.82, 2.24) is 0 Å². The molecule has 2 atom stereocenters. The maximum Gasteiger partial charge on any atom is 0.0272 e. The van der Waals surface area contributed by atoms with E-state index in [1.165, 1.54) is 0 Å². The van der Waals surface area contributed by atoms with Crippen LogP contribution in [0.4, 0.5) is 0 Å². The molecule has 0 aliphatic heterocycles. The van der Waals surface area contributed by atoms with Gasteiger partial charge in [-0.1, -0.05) is 13.8 Å². The van der Waals surface area contributed by atoms with Crippen LogP contribution in [0, 0.1) is 0 Å². The Kier molecular flexibility index (Phi) is 5.36. The average molecular weight is 182 g/mol. The minimum absolute atomic E-state index is 0.437. The van der Waals surface area contributed by atoms with Gasteiger partial charge in [0.15, 0.2) is 0 Å². The Morgan fingerprint density at radius 2 is 1.44 bits per heavy atom. The molecular formula is C6H14S3.